The Kier molecular flexibility index (Phi) is 2.83. The topological polar surface area (TPSA) is 55.4 Å². The predicted molar refractivity (Wildman–Crippen MR) is 61.4 cm³/mol. The number of benzene rings is 1. The van der Waals surface area contributed by atoms with Crippen molar-refractivity contribution >= 4 is 11.1 Å². The van der Waals surface area contributed by atoms with Gasteiger partial charge in [-0.25, -0.2) is 4.79 Å². The summed E-state index contributed by atoms with van der Waals surface area (Å²) in [5.74, 6) is -0.334. The Morgan fingerprint density at radius 2 is 2.25 bits per heavy atom. The lowest BCUT2D eigenvalue weighted by Crippen LogP contribution is -2.13. The highest BCUT2D eigenvalue weighted by molar-refractivity contribution is 5.73. The van der Waals surface area contributed by atoms with E-state index in [1.165, 1.54) is 0 Å². The third-order valence-corrected chi connectivity index (χ3v) is 2.62. The summed E-state index contributed by atoms with van der Waals surface area (Å²) in [6, 6.07) is 5.35. The van der Waals surface area contributed by atoms with Crippen LogP contribution in [-0.2, 0) is 6.54 Å². The van der Waals surface area contributed by atoms with Crippen molar-refractivity contribution in [1.82, 2.24) is 4.57 Å². The molecule has 0 aliphatic heterocycles. The summed E-state index contributed by atoms with van der Waals surface area (Å²) in [6.45, 7) is 4.34. The summed E-state index contributed by atoms with van der Waals surface area (Å²) in [5, 5.41) is 9.44. The second-order valence-electron chi connectivity index (χ2n) is 3.92. The molecule has 1 atom stereocenters. The molecule has 0 fully saturated rings. The van der Waals surface area contributed by atoms with E-state index >= 15 is 0 Å². The van der Waals surface area contributed by atoms with Crippen LogP contribution in [0.5, 0.6) is 0 Å². The van der Waals surface area contributed by atoms with E-state index in [-0.39, 0.29) is 5.76 Å². The van der Waals surface area contributed by atoms with E-state index in [1.807, 2.05) is 19.1 Å². The van der Waals surface area contributed by atoms with Gasteiger partial charge in [-0.15, -0.1) is 0 Å². The maximum atomic E-state index is 11.5. The van der Waals surface area contributed by atoms with Crippen molar-refractivity contribution in [3.8, 4) is 0 Å². The molecule has 0 aliphatic rings. The molecule has 1 N–H and O–H groups in total. The van der Waals surface area contributed by atoms with Crippen molar-refractivity contribution in [3.63, 3.8) is 0 Å². The van der Waals surface area contributed by atoms with Crippen LogP contribution in [0.2, 0.25) is 0 Å². The lowest BCUT2D eigenvalue weighted by Gasteiger charge is -2.03. The molecular formula is C12H15NO3. The number of hydrogen-bond acceptors (Lipinski definition) is 3. The third-order valence-electron chi connectivity index (χ3n) is 2.62. The van der Waals surface area contributed by atoms with Crippen LogP contribution in [0.25, 0.3) is 11.1 Å². The van der Waals surface area contributed by atoms with Gasteiger partial charge in [0.2, 0.25) is 0 Å². The molecule has 4 nitrogen and oxygen atoms in total. The van der Waals surface area contributed by atoms with E-state index in [2.05, 4.69) is 0 Å². The van der Waals surface area contributed by atoms with Gasteiger partial charge in [0.05, 0.1) is 11.6 Å². The number of aliphatic hydroxyl groups excluding tert-OH is 1. The molecule has 1 unspecified atom stereocenters. The number of aliphatic hydroxyl groups is 1. The van der Waals surface area contributed by atoms with Crippen LogP contribution in [-0.4, -0.2) is 9.67 Å². The number of aromatic nitrogens is 1. The molecule has 1 aromatic heterocycles. The fourth-order valence-electron chi connectivity index (χ4n) is 1.78. The number of oxazole rings is 1. The molecule has 16 heavy (non-hydrogen) atoms. The number of rotatable bonds is 3. The average molecular weight is 221 g/mol. The van der Waals surface area contributed by atoms with Gasteiger partial charge in [-0.1, -0.05) is 13.0 Å². The molecule has 0 saturated carbocycles. The van der Waals surface area contributed by atoms with Crippen LogP contribution >= 0.6 is 0 Å². The Morgan fingerprint density at radius 3 is 2.88 bits per heavy atom. The Balaban J connectivity index is 2.60. The quantitative estimate of drug-likeness (QED) is 0.863. The molecule has 2 aromatic rings. The summed E-state index contributed by atoms with van der Waals surface area (Å²) >= 11 is 0. The highest BCUT2D eigenvalue weighted by Gasteiger charge is 2.10. The monoisotopic (exact) mass is 221 g/mol. The van der Waals surface area contributed by atoms with Crippen LogP contribution < -0.4 is 5.76 Å². The number of hydrogen-bond donors (Lipinski definition) is 1. The van der Waals surface area contributed by atoms with Crippen molar-refractivity contribution in [1.29, 1.82) is 0 Å². The van der Waals surface area contributed by atoms with Crippen molar-refractivity contribution in [2.45, 2.75) is 32.9 Å². The van der Waals surface area contributed by atoms with Gasteiger partial charge in [-0.3, -0.25) is 4.57 Å². The van der Waals surface area contributed by atoms with Crippen LogP contribution in [0.15, 0.2) is 27.4 Å². The Labute approximate surface area is 93.1 Å². The van der Waals surface area contributed by atoms with Crippen LogP contribution in [0.1, 0.15) is 31.9 Å². The molecule has 1 aromatic carbocycles. The highest BCUT2D eigenvalue weighted by Crippen LogP contribution is 2.19. The second-order valence-corrected chi connectivity index (χ2v) is 3.92. The molecule has 1 heterocycles. The van der Waals surface area contributed by atoms with Gasteiger partial charge in [-0.2, -0.15) is 0 Å². The summed E-state index contributed by atoms with van der Waals surface area (Å²) in [7, 11) is 0. The SMILES string of the molecule is CCCn1c(=O)oc2cc(C(C)O)ccc21. The standard InChI is InChI=1S/C12H15NO3/c1-3-6-13-10-5-4-9(8(2)14)7-11(10)16-12(13)15/h4-5,7-8,14H,3,6H2,1-2H3. The maximum absolute atomic E-state index is 11.5. The zero-order valence-electron chi connectivity index (χ0n) is 9.43. The van der Waals surface area contributed by atoms with E-state index in [1.54, 1.807) is 17.6 Å². The normalized spacial score (nSPS) is 13.2. The van der Waals surface area contributed by atoms with Crippen LogP contribution in [0.3, 0.4) is 0 Å². The molecule has 0 aliphatic carbocycles. The van der Waals surface area contributed by atoms with E-state index in [0.29, 0.717) is 12.1 Å². The van der Waals surface area contributed by atoms with Crippen molar-refractivity contribution in [2.75, 3.05) is 0 Å². The summed E-state index contributed by atoms with van der Waals surface area (Å²) in [6.07, 6.45) is 0.330. The van der Waals surface area contributed by atoms with Gasteiger partial charge in [0.25, 0.3) is 0 Å². The number of aryl methyl sites for hydroxylation is 1. The van der Waals surface area contributed by atoms with Gasteiger partial charge >= 0.3 is 5.76 Å². The minimum absolute atomic E-state index is 0.334. The molecule has 86 valence electrons. The van der Waals surface area contributed by atoms with Crippen molar-refractivity contribution < 1.29 is 9.52 Å². The van der Waals surface area contributed by atoms with E-state index in [4.69, 9.17) is 4.42 Å². The molecule has 2 rings (SSSR count). The molecule has 0 radical (unpaired) electrons. The molecule has 0 amide bonds. The summed E-state index contributed by atoms with van der Waals surface area (Å²) in [5.41, 5.74) is 2.08. The smallest absolute Gasteiger partial charge is 0.408 e. The van der Waals surface area contributed by atoms with E-state index in [0.717, 1.165) is 17.5 Å². The first-order valence-corrected chi connectivity index (χ1v) is 5.45. The Morgan fingerprint density at radius 1 is 1.50 bits per heavy atom. The average Bonchev–Trinajstić information content (AvgIpc) is 2.55. The van der Waals surface area contributed by atoms with Gasteiger partial charge in [0.15, 0.2) is 5.58 Å². The molecular weight excluding hydrogens is 206 g/mol. The molecule has 0 bridgehead atoms. The second kappa shape index (κ2) is 4.14. The summed E-state index contributed by atoms with van der Waals surface area (Å²) < 4.78 is 6.75. The highest BCUT2D eigenvalue weighted by atomic mass is 16.4. The summed E-state index contributed by atoms with van der Waals surface area (Å²) in [4.78, 5) is 11.5. The minimum Gasteiger partial charge on any atom is -0.408 e. The fraction of sp³-hybridized carbons (Fsp3) is 0.417. The molecule has 4 heteroatoms. The first kappa shape index (κ1) is 11.0. The Hall–Kier alpha value is -1.55. The van der Waals surface area contributed by atoms with E-state index < -0.39 is 6.10 Å². The molecule has 0 spiro atoms. The van der Waals surface area contributed by atoms with Crippen LogP contribution in [0, 0.1) is 0 Å². The van der Waals surface area contributed by atoms with Gasteiger partial charge < -0.3 is 9.52 Å². The van der Waals surface area contributed by atoms with Gasteiger partial charge in [0.1, 0.15) is 0 Å². The van der Waals surface area contributed by atoms with Crippen molar-refractivity contribution in [2.24, 2.45) is 0 Å². The fourth-order valence-corrected chi connectivity index (χ4v) is 1.78. The lowest BCUT2D eigenvalue weighted by molar-refractivity contribution is 0.199. The zero-order chi connectivity index (χ0) is 11.7. The van der Waals surface area contributed by atoms with Gasteiger partial charge in [0, 0.05) is 6.54 Å². The van der Waals surface area contributed by atoms with E-state index in [9.17, 15) is 9.90 Å². The zero-order valence-corrected chi connectivity index (χ0v) is 9.43. The number of fused-ring (bicyclic) bond motifs is 1. The van der Waals surface area contributed by atoms with Crippen molar-refractivity contribution in [3.05, 3.63) is 34.3 Å². The minimum atomic E-state index is -0.552. The molecule has 0 saturated heterocycles. The lowest BCUT2D eigenvalue weighted by atomic mass is 10.1. The first-order valence-electron chi connectivity index (χ1n) is 5.45. The third kappa shape index (κ3) is 1.76. The number of nitrogens with zero attached hydrogens (tertiary/aromatic N) is 1. The van der Waals surface area contributed by atoms with Gasteiger partial charge in [-0.05, 0) is 31.0 Å². The predicted octanol–water partition coefficient (Wildman–Crippen LogP) is 2.06. The maximum Gasteiger partial charge on any atom is 0.419 e. The van der Waals surface area contributed by atoms with Crippen LogP contribution in [0.4, 0.5) is 0 Å². The largest absolute Gasteiger partial charge is 0.419 e. The Bertz CT molecular complexity index is 551. The first-order chi connectivity index (χ1) is 7.63.